The predicted molar refractivity (Wildman–Crippen MR) is 64.7 cm³/mol. The van der Waals surface area contributed by atoms with Crippen LogP contribution in [-0.2, 0) is 18.3 Å². The molecule has 1 aliphatic rings. The third kappa shape index (κ3) is 2.21. The van der Waals surface area contributed by atoms with Crippen LogP contribution in [0.1, 0.15) is 37.6 Å². The zero-order valence-electron chi connectivity index (χ0n) is 10.7. The van der Waals surface area contributed by atoms with Crippen molar-refractivity contribution in [2.75, 3.05) is 0 Å². The molecule has 0 bridgehead atoms. The summed E-state index contributed by atoms with van der Waals surface area (Å²) in [6.07, 6.45) is 3.19. The number of carboxylic acids is 1. The highest BCUT2D eigenvalue weighted by Crippen LogP contribution is 2.44. The van der Waals surface area contributed by atoms with Gasteiger partial charge in [-0.3, -0.25) is 9.48 Å². The zero-order valence-corrected chi connectivity index (χ0v) is 10.7. The van der Waals surface area contributed by atoms with Gasteiger partial charge in [0.15, 0.2) is 0 Å². The Balaban J connectivity index is 2.25. The third-order valence-corrected chi connectivity index (χ3v) is 3.93. The SMILES string of the molecule is Cc1cc(CC2(C(=O)O)CCC(C)C2)n(C)n1. The lowest BCUT2D eigenvalue weighted by molar-refractivity contribution is -0.148. The Hall–Kier alpha value is -1.32. The highest BCUT2D eigenvalue weighted by molar-refractivity contribution is 5.75. The topological polar surface area (TPSA) is 55.1 Å². The normalized spacial score (nSPS) is 28.5. The van der Waals surface area contributed by atoms with Gasteiger partial charge < -0.3 is 5.11 Å². The number of carboxylic acid groups (broad SMARTS) is 1. The van der Waals surface area contributed by atoms with Crippen molar-refractivity contribution in [1.82, 2.24) is 9.78 Å². The van der Waals surface area contributed by atoms with E-state index in [1.165, 1.54) is 0 Å². The Labute approximate surface area is 102 Å². The molecule has 1 N–H and O–H groups in total. The third-order valence-electron chi connectivity index (χ3n) is 3.93. The van der Waals surface area contributed by atoms with Crippen LogP contribution < -0.4 is 0 Å². The van der Waals surface area contributed by atoms with Gasteiger partial charge in [0.05, 0.1) is 11.1 Å². The van der Waals surface area contributed by atoms with Gasteiger partial charge in [-0.1, -0.05) is 6.92 Å². The summed E-state index contributed by atoms with van der Waals surface area (Å²) in [5, 5.41) is 13.8. The first-order valence-electron chi connectivity index (χ1n) is 6.16. The van der Waals surface area contributed by atoms with Crippen LogP contribution in [0.4, 0.5) is 0 Å². The fraction of sp³-hybridized carbons (Fsp3) is 0.692. The first-order chi connectivity index (χ1) is 7.93. The van der Waals surface area contributed by atoms with E-state index < -0.39 is 11.4 Å². The molecular formula is C13H20N2O2. The Morgan fingerprint density at radius 2 is 2.41 bits per heavy atom. The van der Waals surface area contributed by atoms with Crippen LogP contribution in [0.15, 0.2) is 6.07 Å². The molecule has 0 saturated heterocycles. The van der Waals surface area contributed by atoms with E-state index in [1.54, 1.807) is 0 Å². The summed E-state index contributed by atoms with van der Waals surface area (Å²) in [5.41, 5.74) is 1.41. The van der Waals surface area contributed by atoms with Gasteiger partial charge >= 0.3 is 5.97 Å². The number of aryl methyl sites for hydroxylation is 2. The van der Waals surface area contributed by atoms with Gasteiger partial charge in [0.25, 0.3) is 0 Å². The van der Waals surface area contributed by atoms with Crippen LogP contribution in [0.2, 0.25) is 0 Å². The smallest absolute Gasteiger partial charge is 0.310 e. The molecule has 0 radical (unpaired) electrons. The van der Waals surface area contributed by atoms with Gasteiger partial charge in [-0.15, -0.1) is 0 Å². The van der Waals surface area contributed by atoms with E-state index in [2.05, 4.69) is 12.0 Å². The molecule has 2 unspecified atom stereocenters. The molecule has 0 amide bonds. The second-order valence-corrected chi connectivity index (χ2v) is 5.51. The lowest BCUT2D eigenvalue weighted by atomic mass is 9.81. The monoisotopic (exact) mass is 236 g/mol. The minimum absolute atomic E-state index is 0.514. The first-order valence-corrected chi connectivity index (χ1v) is 6.16. The van der Waals surface area contributed by atoms with E-state index in [9.17, 15) is 9.90 Å². The van der Waals surface area contributed by atoms with Gasteiger partial charge in [-0.25, -0.2) is 0 Å². The van der Waals surface area contributed by atoms with Crippen LogP contribution in [-0.4, -0.2) is 20.9 Å². The highest BCUT2D eigenvalue weighted by Gasteiger charge is 2.44. The van der Waals surface area contributed by atoms with Crippen LogP contribution in [0, 0.1) is 18.3 Å². The number of nitrogens with zero attached hydrogens (tertiary/aromatic N) is 2. The quantitative estimate of drug-likeness (QED) is 0.875. The second kappa shape index (κ2) is 4.17. The summed E-state index contributed by atoms with van der Waals surface area (Å²) in [5.74, 6) is -0.138. The molecule has 0 aromatic carbocycles. The van der Waals surface area contributed by atoms with Crippen molar-refractivity contribution in [1.29, 1.82) is 0 Å². The summed E-state index contributed by atoms with van der Waals surface area (Å²) in [4.78, 5) is 11.6. The van der Waals surface area contributed by atoms with Crippen LogP contribution >= 0.6 is 0 Å². The second-order valence-electron chi connectivity index (χ2n) is 5.51. The Kier molecular flexibility index (Phi) is 2.98. The molecule has 1 aromatic heterocycles. The maximum Gasteiger partial charge on any atom is 0.310 e. The number of aromatic nitrogens is 2. The molecule has 0 spiro atoms. The average molecular weight is 236 g/mol. The van der Waals surface area contributed by atoms with Crippen molar-refractivity contribution >= 4 is 5.97 Å². The molecule has 1 fully saturated rings. The van der Waals surface area contributed by atoms with Crippen LogP contribution in [0.25, 0.3) is 0 Å². The summed E-state index contributed by atoms with van der Waals surface area (Å²) >= 11 is 0. The minimum atomic E-state index is -0.652. The molecule has 1 heterocycles. The molecule has 0 aliphatic heterocycles. The lowest BCUT2D eigenvalue weighted by Gasteiger charge is -2.24. The van der Waals surface area contributed by atoms with Crippen molar-refractivity contribution in [3.63, 3.8) is 0 Å². The van der Waals surface area contributed by atoms with Gasteiger partial charge in [-0.2, -0.15) is 5.10 Å². The van der Waals surface area contributed by atoms with Gasteiger partial charge in [-0.05, 0) is 38.2 Å². The number of aliphatic carboxylic acids is 1. The number of carbonyl (C=O) groups is 1. The van der Waals surface area contributed by atoms with E-state index >= 15 is 0 Å². The van der Waals surface area contributed by atoms with E-state index in [1.807, 2.05) is 24.7 Å². The number of hydrogen-bond acceptors (Lipinski definition) is 2. The highest BCUT2D eigenvalue weighted by atomic mass is 16.4. The van der Waals surface area contributed by atoms with Crippen molar-refractivity contribution in [3.05, 3.63) is 17.5 Å². The average Bonchev–Trinajstić information content (AvgIpc) is 2.73. The minimum Gasteiger partial charge on any atom is -0.481 e. The first kappa shape index (κ1) is 12.1. The molecule has 4 heteroatoms. The van der Waals surface area contributed by atoms with Gasteiger partial charge in [0.2, 0.25) is 0 Å². The Bertz CT molecular complexity index is 439. The molecule has 4 nitrogen and oxygen atoms in total. The van der Waals surface area contributed by atoms with Crippen molar-refractivity contribution in [2.45, 2.75) is 39.5 Å². The molecule has 1 aliphatic carbocycles. The lowest BCUT2D eigenvalue weighted by Crippen LogP contribution is -2.31. The van der Waals surface area contributed by atoms with Crippen molar-refractivity contribution in [3.8, 4) is 0 Å². The summed E-state index contributed by atoms with van der Waals surface area (Å²) in [6.45, 7) is 4.08. The predicted octanol–water partition coefficient (Wildman–Crippen LogP) is 2.16. The van der Waals surface area contributed by atoms with Crippen molar-refractivity contribution < 1.29 is 9.90 Å². The molecule has 1 aromatic rings. The molecule has 2 atom stereocenters. The van der Waals surface area contributed by atoms with Crippen LogP contribution in [0.5, 0.6) is 0 Å². The maximum atomic E-state index is 11.6. The van der Waals surface area contributed by atoms with E-state index in [0.29, 0.717) is 12.3 Å². The summed E-state index contributed by atoms with van der Waals surface area (Å²) in [7, 11) is 1.89. The summed E-state index contributed by atoms with van der Waals surface area (Å²) < 4.78 is 1.81. The fourth-order valence-electron chi connectivity index (χ4n) is 3.00. The van der Waals surface area contributed by atoms with E-state index in [-0.39, 0.29) is 0 Å². The Morgan fingerprint density at radius 1 is 1.71 bits per heavy atom. The van der Waals surface area contributed by atoms with Gasteiger partial charge in [0.1, 0.15) is 0 Å². The molecule has 2 rings (SSSR count). The number of rotatable bonds is 3. The maximum absolute atomic E-state index is 11.6. The van der Waals surface area contributed by atoms with E-state index in [0.717, 1.165) is 30.7 Å². The summed E-state index contributed by atoms with van der Waals surface area (Å²) in [6, 6.07) is 1.99. The fourth-order valence-corrected chi connectivity index (χ4v) is 3.00. The van der Waals surface area contributed by atoms with Crippen molar-refractivity contribution in [2.24, 2.45) is 18.4 Å². The standard InChI is InChI=1S/C13H20N2O2/c1-9-4-5-13(7-9,12(16)17)8-11-6-10(2)14-15(11)3/h6,9H,4-5,7-8H2,1-3H3,(H,16,17). The molecule has 1 saturated carbocycles. The van der Waals surface area contributed by atoms with Gasteiger partial charge in [0, 0.05) is 19.2 Å². The molecular weight excluding hydrogens is 216 g/mol. The molecule has 17 heavy (non-hydrogen) atoms. The molecule has 94 valence electrons. The van der Waals surface area contributed by atoms with Crippen LogP contribution in [0.3, 0.4) is 0 Å². The zero-order chi connectivity index (χ0) is 12.6. The van der Waals surface area contributed by atoms with E-state index in [4.69, 9.17) is 0 Å². The Morgan fingerprint density at radius 3 is 2.82 bits per heavy atom. The largest absolute Gasteiger partial charge is 0.481 e. The number of hydrogen-bond donors (Lipinski definition) is 1.